The van der Waals surface area contributed by atoms with E-state index in [1.54, 1.807) is 20.8 Å². The van der Waals surface area contributed by atoms with Gasteiger partial charge in [-0.05, 0) is 39.9 Å². The minimum atomic E-state index is -1.08. The fraction of sp³-hybridized carbons (Fsp3) is 0.643. The van der Waals surface area contributed by atoms with Crippen LogP contribution < -0.4 is 5.32 Å². The zero-order valence-corrected chi connectivity index (χ0v) is 14.0. The molecule has 0 aliphatic rings. The molecule has 1 aromatic rings. The number of thioether (sulfide) groups is 1. The van der Waals surface area contributed by atoms with Crippen LogP contribution in [-0.2, 0) is 15.3 Å². The van der Waals surface area contributed by atoms with E-state index in [0.29, 0.717) is 17.9 Å². The molecule has 1 unspecified atom stereocenters. The summed E-state index contributed by atoms with van der Waals surface area (Å²) in [5.41, 5.74) is 0.184. The number of hydrogen-bond donors (Lipinski definition) is 2. The van der Waals surface area contributed by atoms with E-state index in [-0.39, 0.29) is 0 Å². The molecular weight excluding hydrogens is 308 g/mol. The number of aromatic nitrogens is 1. The van der Waals surface area contributed by atoms with Crippen molar-refractivity contribution < 1.29 is 23.8 Å². The number of oxazole rings is 1. The molecule has 0 radical (unpaired) electrons. The maximum absolute atomic E-state index is 11.6. The Hall–Kier alpha value is -1.70. The number of carbonyl (C=O) groups excluding carboxylic acids is 1. The van der Waals surface area contributed by atoms with Gasteiger partial charge in [0.15, 0.2) is 6.39 Å². The van der Waals surface area contributed by atoms with Crippen molar-refractivity contribution in [3.8, 4) is 0 Å². The highest BCUT2D eigenvalue weighted by atomic mass is 32.2. The summed E-state index contributed by atoms with van der Waals surface area (Å²) < 4.78 is 10.1. The van der Waals surface area contributed by atoms with Gasteiger partial charge in [-0.25, -0.2) is 14.6 Å². The number of nitrogens with zero attached hydrogens (tertiary/aromatic N) is 1. The number of aliphatic carboxylic acids is 1. The van der Waals surface area contributed by atoms with Crippen LogP contribution in [0.5, 0.6) is 0 Å². The monoisotopic (exact) mass is 330 g/mol. The third-order valence-electron chi connectivity index (χ3n) is 2.62. The Balaban J connectivity index is 2.37. The number of alkyl carbamates (subject to hydrolysis) is 1. The third kappa shape index (κ3) is 6.84. The molecule has 1 heterocycles. The van der Waals surface area contributed by atoms with Gasteiger partial charge in [0.2, 0.25) is 0 Å². The van der Waals surface area contributed by atoms with Crippen molar-refractivity contribution in [1.29, 1.82) is 0 Å². The van der Waals surface area contributed by atoms with Crippen molar-refractivity contribution in [2.24, 2.45) is 0 Å². The largest absolute Gasteiger partial charge is 0.480 e. The van der Waals surface area contributed by atoms with Crippen molar-refractivity contribution >= 4 is 23.8 Å². The summed E-state index contributed by atoms with van der Waals surface area (Å²) in [5.74, 6) is 0.887. The van der Waals surface area contributed by atoms with E-state index < -0.39 is 23.7 Å². The molecule has 7 nitrogen and oxygen atoms in total. The topological polar surface area (TPSA) is 102 Å². The Bertz CT molecular complexity index is 510. The molecule has 8 heteroatoms. The van der Waals surface area contributed by atoms with Crippen LogP contribution in [0.15, 0.2) is 10.8 Å². The van der Waals surface area contributed by atoms with Crippen molar-refractivity contribution in [2.75, 3.05) is 5.75 Å². The highest BCUT2D eigenvalue weighted by Gasteiger charge is 2.23. The number of amides is 1. The standard InChI is InChI=1S/C14H22N2O5S/c1-9-11(15-8-20-9)7-22-6-5-10(12(17)18)16-13(19)21-14(2,3)4/h8,10H,5-7H2,1-4H3,(H,16,19)(H,17,18). The van der Waals surface area contributed by atoms with Gasteiger partial charge in [-0.3, -0.25) is 0 Å². The molecule has 0 aliphatic carbocycles. The van der Waals surface area contributed by atoms with Crippen LogP contribution in [-0.4, -0.2) is 39.5 Å². The van der Waals surface area contributed by atoms with E-state index in [0.717, 1.165) is 11.5 Å². The Morgan fingerprint density at radius 3 is 2.68 bits per heavy atom. The van der Waals surface area contributed by atoms with Crippen LogP contribution in [0.2, 0.25) is 0 Å². The molecule has 0 spiro atoms. The molecule has 2 N–H and O–H groups in total. The molecule has 0 bridgehead atoms. The third-order valence-corrected chi connectivity index (χ3v) is 3.63. The van der Waals surface area contributed by atoms with Gasteiger partial charge < -0.3 is 19.6 Å². The molecule has 0 aromatic carbocycles. The highest BCUT2D eigenvalue weighted by Crippen LogP contribution is 2.16. The molecule has 0 saturated carbocycles. The maximum atomic E-state index is 11.6. The first kappa shape index (κ1) is 18.3. The molecule has 0 aliphatic heterocycles. The molecule has 1 atom stereocenters. The summed E-state index contributed by atoms with van der Waals surface area (Å²) in [6, 6.07) is -0.972. The van der Waals surface area contributed by atoms with E-state index in [1.165, 1.54) is 18.2 Å². The average Bonchev–Trinajstić information content (AvgIpc) is 2.76. The second-order valence-electron chi connectivity index (χ2n) is 5.73. The zero-order chi connectivity index (χ0) is 16.8. The first-order valence-corrected chi connectivity index (χ1v) is 8.03. The first-order chi connectivity index (χ1) is 10.2. The molecule has 124 valence electrons. The van der Waals surface area contributed by atoms with E-state index >= 15 is 0 Å². The number of carbonyl (C=O) groups is 2. The number of aryl methyl sites for hydroxylation is 1. The maximum Gasteiger partial charge on any atom is 0.408 e. The minimum Gasteiger partial charge on any atom is -0.480 e. The Morgan fingerprint density at radius 1 is 1.50 bits per heavy atom. The zero-order valence-electron chi connectivity index (χ0n) is 13.2. The summed E-state index contributed by atoms with van der Waals surface area (Å²) in [4.78, 5) is 26.8. The Kier molecular flexibility index (Phi) is 6.73. The molecule has 1 amide bonds. The van der Waals surface area contributed by atoms with E-state index in [2.05, 4.69) is 10.3 Å². The number of nitrogens with one attached hydrogen (secondary N) is 1. The summed E-state index contributed by atoms with van der Waals surface area (Å²) in [7, 11) is 0. The number of carboxylic acids is 1. The van der Waals surface area contributed by atoms with Crippen molar-refractivity contribution in [3.05, 3.63) is 17.8 Å². The summed E-state index contributed by atoms with van der Waals surface area (Å²) in [6.07, 6.45) is 0.961. The summed E-state index contributed by atoms with van der Waals surface area (Å²) in [5, 5.41) is 11.5. The lowest BCUT2D eigenvalue weighted by Crippen LogP contribution is -2.43. The van der Waals surface area contributed by atoms with Crippen LogP contribution >= 0.6 is 11.8 Å². The van der Waals surface area contributed by atoms with E-state index in [1.807, 2.05) is 6.92 Å². The van der Waals surface area contributed by atoms with Gasteiger partial charge in [0.1, 0.15) is 17.4 Å². The smallest absolute Gasteiger partial charge is 0.408 e. The second kappa shape index (κ2) is 8.07. The first-order valence-electron chi connectivity index (χ1n) is 6.88. The van der Waals surface area contributed by atoms with Gasteiger partial charge >= 0.3 is 12.1 Å². The molecular formula is C14H22N2O5S. The fourth-order valence-electron chi connectivity index (χ4n) is 1.54. The van der Waals surface area contributed by atoms with Crippen molar-refractivity contribution in [1.82, 2.24) is 10.3 Å². The molecule has 0 saturated heterocycles. The quantitative estimate of drug-likeness (QED) is 0.741. The average molecular weight is 330 g/mol. The lowest BCUT2D eigenvalue weighted by molar-refractivity contribution is -0.139. The normalized spacial score (nSPS) is 12.7. The fourth-order valence-corrected chi connectivity index (χ4v) is 2.56. The van der Waals surface area contributed by atoms with Gasteiger partial charge in [-0.15, -0.1) is 0 Å². The SMILES string of the molecule is Cc1ocnc1CSCCC(NC(=O)OC(C)(C)C)C(=O)O. The van der Waals surface area contributed by atoms with Crippen LogP contribution in [0.4, 0.5) is 4.79 Å². The minimum absolute atomic E-state index is 0.302. The highest BCUT2D eigenvalue weighted by molar-refractivity contribution is 7.98. The lowest BCUT2D eigenvalue weighted by Gasteiger charge is -2.21. The summed E-state index contributed by atoms with van der Waals surface area (Å²) >= 11 is 1.53. The van der Waals surface area contributed by atoms with Gasteiger partial charge in [-0.1, -0.05) is 0 Å². The van der Waals surface area contributed by atoms with Crippen LogP contribution in [0.1, 0.15) is 38.6 Å². The Morgan fingerprint density at radius 2 is 2.18 bits per heavy atom. The molecule has 1 rings (SSSR count). The van der Waals surface area contributed by atoms with Crippen LogP contribution in [0.3, 0.4) is 0 Å². The predicted octanol–water partition coefficient (Wildman–Crippen LogP) is 2.58. The van der Waals surface area contributed by atoms with E-state index in [9.17, 15) is 9.59 Å². The van der Waals surface area contributed by atoms with Crippen molar-refractivity contribution in [3.63, 3.8) is 0 Å². The van der Waals surface area contributed by atoms with Crippen LogP contribution in [0.25, 0.3) is 0 Å². The van der Waals surface area contributed by atoms with Crippen LogP contribution in [0, 0.1) is 6.92 Å². The van der Waals surface area contributed by atoms with Crippen molar-refractivity contribution in [2.45, 2.75) is 51.5 Å². The number of ether oxygens (including phenoxy) is 1. The van der Waals surface area contributed by atoms with Gasteiger partial charge in [0.25, 0.3) is 0 Å². The van der Waals surface area contributed by atoms with E-state index in [4.69, 9.17) is 14.3 Å². The molecule has 22 heavy (non-hydrogen) atoms. The molecule has 1 aromatic heterocycles. The van der Waals surface area contributed by atoms with Gasteiger partial charge in [0, 0.05) is 5.75 Å². The second-order valence-corrected chi connectivity index (χ2v) is 6.84. The number of rotatable bonds is 7. The van der Waals surface area contributed by atoms with Gasteiger partial charge in [-0.2, -0.15) is 11.8 Å². The number of carboxylic acid groups (broad SMARTS) is 1. The van der Waals surface area contributed by atoms with Gasteiger partial charge in [0.05, 0.1) is 5.69 Å². The summed E-state index contributed by atoms with van der Waals surface area (Å²) in [6.45, 7) is 6.99. The molecule has 0 fully saturated rings. The predicted molar refractivity (Wildman–Crippen MR) is 82.8 cm³/mol. The lowest BCUT2D eigenvalue weighted by atomic mass is 10.2. The Labute approximate surface area is 133 Å². The number of hydrogen-bond acceptors (Lipinski definition) is 6.